The number of amides is 1. The second-order valence-electron chi connectivity index (χ2n) is 2.49. The van der Waals surface area contributed by atoms with Gasteiger partial charge in [0.05, 0.1) is 11.2 Å². The van der Waals surface area contributed by atoms with Crippen molar-refractivity contribution in [3.8, 4) is 0 Å². The second kappa shape index (κ2) is 4.01. The van der Waals surface area contributed by atoms with E-state index in [-0.39, 0.29) is 5.91 Å². The summed E-state index contributed by atoms with van der Waals surface area (Å²) < 4.78 is 0. The monoisotopic (exact) mass is 182 g/mol. The lowest BCUT2D eigenvalue weighted by molar-refractivity contribution is 0.101. The van der Waals surface area contributed by atoms with Crippen LogP contribution < -0.4 is 0 Å². The van der Waals surface area contributed by atoms with Gasteiger partial charge in [-0.15, -0.1) is 11.3 Å². The van der Waals surface area contributed by atoms with Crippen molar-refractivity contribution in [2.45, 2.75) is 0 Å². The number of nitrogens with zero attached hydrogens (tertiary/aromatic N) is 2. The molecule has 12 heavy (non-hydrogen) atoms. The lowest BCUT2D eigenvalue weighted by atomic mass is 10.4. The number of rotatable bonds is 2. The minimum atomic E-state index is -0.182. The van der Waals surface area contributed by atoms with Crippen molar-refractivity contribution < 1.29 is 4.79 Å². The molecule has 0 saturated carbocycles. The van der Waals surface area contributed by atoms with E-state index in [1.54, 1.807) is 11.0 Å². The topological polar surface area (TPSA) is 32.7 Å². The number of hydrogen-bond acceptors (Lipinski definition) is 2. The van der Waals surface area contributed by atoms with Gasteiger partial charge in [0.15, 0.2) is 0 Å². The van der Waals surface area contributed by atoms with E-state index in [0.29, 0.717) is 4.88 Å². The van der Waals surface area contributed by atoms with Crippen LogP contribution in [0.1, 0.15) is 9.67 Å². The standard InChI is InChI=1S/C8H10N2OS/c1-10(2)6-9-8(11)7-4-3-5-12-7/h3-6H,1-2H3/b9-6+. The van der Waals surface area contributed by atoms with Gasteiger partial charge in [-0.05, 0) is 11.4 Å². The number of carbonyl (C=O) groups is 1. The highest BCUT2D eigenvalue weighted by Gasteiger charge is 2.02. The SMILES string of the molecule is CN(C)/C=N/C(=O)c1cccs1. The van der Waals surface area contributed by atoms with Crippen molar-refractivity contribution in [1.82, 2.24) is 4.90 Å². The van der Waals surface area contributed by atoms with Gasteiger partial charge in [0.1, 0.15) is 0 Å². The molecule has 0 saturated heterocycles. The van der Waals surface area contributed by atoms with Crippen molar-refractivity contribution in [3.63, 3.8) is 0 Å². The summed E-state index contributed by atoms with van der Waals surface area (Å²) in [6.07, 6.45) is 1.50. The molecule has 0 N–H and O–H groups in total. The summed E-state index contributed by atoms with van der Waals surface area (Å²) in [6.45, 7) is 0. The van der Waals surface area contributed by atoms with Gasteiger partial charge >= 0.3 is 0 Å². The summed E-state index contributed by atoms with van der Waals surface area (Å²) in [6, 6.07) is 3.60. The molecular weight excluding hydrogens is 172 g/mol. The highest BCUT2D eigenvalue weighted by Crippen LogP contribution is 2.09. The van der Waals surface area contributed by atoms with E-state index in [0.717, 1.165) is 0 Å². The second-order valence-corrected chi connectivity index (χ2v) is 3.44. The molecule has 0 radical (unpaired) electrons. The Morgan fingerprint density at radius 1 is 1.67 bits per heavy atom. The third kappa shape index (κ3) is 2.47. The fourth-order valence-electron chi connectivity index (χ4n) is 0.632. The number of aliphatic imine (C=N–C) groups is 1. The first-order valence-electron chi connectivity index (χ1n) is 3.48. The maximum absolute atomic E-state index is 11.2. The zero-order valence-electron chi connectivity index (χ0n) is 7.02. The Kier molecular flexibility index (Phi) is 2.99. The molecule has 0 bridgehead atoms. The zero-order chi connectivity index (χ0) is 8.97. The van der Waals surface area contributed by atoms with E-state index < -0.39 is 0 Å². The normalized spacial score (nSPS) is 10.5. The first-order chi connectivity index (χ1) is 5.70. The molecule has 64 valence electrons. The van der Waals surface area contributed by atoms with Gasteiger partial charge in [0, 0.05) is 14.1 Å². The van der Waals surface area contributed by atoms with Gasteiger partial charge in [-0.25, -0.2) is 0 Å². The number of hydrogen-bond donors (Lipinski definition) is 0. The molecule has 0 atom stereocenters. The van der Waals surface area contributed by atoms with Crippen LogP contribution in [0, 0.1) is 0 Å². The molecule has 3 nitrogen and oxygen atoms in total. The first kappa shape index (κ1) is 8.93. The molecule has 1 amide bonds. The fraction of sp³-hybridized carbons (Fsp3) is 0.250. The summed E-state index contributed by atoms with van der Waals surface area (Å²) in [7, 11) is 3.65. The molecule has 1 rings (SSSR count). The van der Waals surface area contributed by atoms with Crippen LogP contribution >= 0.6 is 11.3 Å². The van der Waals surface area contributed by atoms with Gasteiger partial charge in [-0.2, -0.15) is 4.99 Å². The van der Waals surface area contributed by atoms with E-state index in [2.05, 4.69) is 4.99 Å². The van der Waals surface area contributed by atoms with Crippen LogP contribution in [0.25, 0.3) is 0 Å². The van der Waals surface area contributed by atoms with Crippen LogP contribution in [-0.2, 0) is 0 Å². The quantitative estimate of drug-likeness (QED) is 0.512. The Labute approximate surface area is 75.3 Å². The van der Waals surface area contributed by atoms with Gasteiger partial charge in [-0.3, -0.25) is 4.79 Å². The number of carbonyl (C=O) groups excluding carboxylic acids is 1. The van der Waals surface area contributed by atoms with Crippen LogP contribution in [-0.4, -0.2) is 31.2 Å². The Balaban J connectivity index is 2.62. The largest absolute Gasteiger partial charge is 0.369 e. The summed E-state index contributed by atoms with van der Waals surface area (Å²) in [5, 5.41) is 1.86. The molecule has 0 aromatic carbocycles. The van der Waals surface area contributed by atoms with Crippen molar-refractivity contribution in [3.05, 3.63) is 22.4 Å². The van der Waals surface area contributed by atoms with Crippen molar-refractivity contribution in [1.29, 1.82) is 0 Å². The third-order valence-electron chi connectivity index (χ3n) is 1.14. The molecular formula is C8H10N2OS. The number of thiophene rings is 1. The molecule has 0 aliphatic carbocycles. The summed E-state index contributed by atoms with van der Waals surface area (Å²) in [4.78, 5) is 17.3. The lowest BCUT2D eigenvalue weighted by Crippen LogP contribution is -2.09. The molecule has 1 aromatic rings. The average Bonchev–Trinajstić information content (AvgIpc) is 2.51. The molecule has 0 spiro atoms. The van der Waals surface area contributed by atoms with Crippen LogP contribution in [0.4, 0.5) is 0 Å². The maximum atomic E-state index is 11.2. The van der Waals surface area contributed by atoms with Crippen molar-refractivity contribution in [2.24, 2.45) is 4.99 Å². The lowest BCUT2D eigenvalue weighted by Gasteiger charge is -2.00. The van der Waals surface area contributed by atoms with Gasteiger partial charge in [0.2, 0.25) is 0 Å². The predicted octanol–water partition coefficient (Wildman–Crippen LogP) is 1.48. The van der Waals surface area contributed by atoms with E-state index in [9.17, 15) is 4.79 Å². The van der Waals surface area contributed by atoms with E-state index >= 15 is 0 Å². The Bertz CT molecular complexity index is 277. The molecule has 0 unspecified atom stereocenters. The molecule has 0 aliphatic rings. The summed E-state index contributed by atoms with van der Waals surface area (Å²) >= 11 is 1.40. The van der Waals surface area contributed by atoms with Crippen LogP contribution in [0.5, 0.6) is 0 Å². The van der Waals surface area contributed by atoms with E-state index in [1.807, 2.05) is 25.5 Å². The van der Waals surface area contributed by atoms with E-state index in [4.69, 9.17) is 0 Å². The van der Waals surface area contributed by atoms with Gasteiger partial charge in [0.25, 0.3) is 5.91 Å². The minimum absolute atomic E-state index is 0.182. The summed E-state index contributed by atoms with van der Waals surface area (Å²) in [5.74, 6) is -0.182. The molecule has 4 heteroatoms. The summed E-state index contributed by atoms with van der Waals surface area (Å²) in [5.41, 5.74) is 0. The average molecular weight is 182 g/mol. The highest BCUT2D eigenvalue weighted by atomic mass is 32.1. The van der Waals surface area contributed by atoms with Gasteiger partial charge < -0.3 is 4.90 Å². The van der Waals surface area contributed by atoms with Crippen LogP contribution in [0.3, 0.4) is 0 Å². The van der Waals surface area contributed by atoms with E-state index in [1.165, 1.54) is 17.7 Å². The van der Waals surface area contributed by atoms with Crippen LogP contribution in [0.2, 0.25) is 0 Å². The van der Waals surface area contributed by atoms with Crippen LogP contribution in [0.15, 0.2) is 22.5 Å². The molecule has 0 aliphatic heterocycles. The highest BCUT2D eigenvalue weighted by molar-refractivity contribution is 7.12. The van der Waals surface area contributed by atoms with Crippen molar-refractivity contribution in [2.75, 3.05) is 14.1 Å². The fourth-order valence-corrected chi connectivity index (χ4v) is 1.25. The third-order valence-corrected chi connectivity index (χ3v) is 2.00. The maximum Gasteiger partial charge on any atom is 0.288 e. The van der Waals surface area contributed by atoms with Gasteiger partial charge in [-0.1, -0.05) is 6.07 Å². The Morgan fingerprint density at radius 3 is 2.92 bits per heavy atom. The zero-order valence-corrected chi connectivity index (χ0v) is 7.84. The Hall–Kier alpha value is -1.16. The van der Waals surface area contributed by atoms with Crippen molar-refractivity contribution >= 4 is 23.6 Å². The smallest absolute Gasteiger partial charge is 0.288 e. The molecule has 1 aromatic heterocycles. The molecule has 1 heterocycles. The molecule has 0 fully saturated rings. The minimum Gasteiger partial charge on any atom is -0.369 e. The Morgan fingerprint density at radius 2 is 2.42 bits per heavy atom. The predicted molar refractivity (Wildman–Crippen MR) is 50.8 cm³/mol. The first-order valence-corrected chi connectivity index (χ1v) is 4.36.